The Morgan fingerprint density at radius 2 is 1.80 bits per heavy atom. The monoisotopic (exact) mass is 386 g/mol. The zero-order chi connectivity index (χ0) is 19.0. The van der Waals surface area contributed by atoms with Crippen molar-refractivity contribution in [3.63, 3.8) is 0 Å². The Balaban J connectivity index is 3.05. The fraction of sp³-hybridized carbons (Fsp3) is 0.579. The van der Waals surface area contributed by atoms with Crippen molar-refractivity contribution in [1.82, 2.24) is 10.2 Å². The molecule has 2 atom stereocenters. The first-order chi connectivity index (χ1) is 11.8. The molecule has 0 spiro atoms. The lowest BCUT2D eigenvalue weighted by atomic mass is 10.1. The smallest absolute Gasteiger partial charge is 0.243 e. The van der Waals surface area contributed by atoms with Crippen LogP contribution in [0, 0.1) is 0 Å². The molecule has 1 aromatic rings. The summed E-state index contributed by atoms with van der Waals surface area (Å²) >= 11 is 12.1. The van der Waals surface area contributed by atoms with Crippen LogP contribution in [0.4, 0.5) is 0 Å². The van der Waals surface area contributed by atoms with Gasteiger partial charge >= 0.3 is 0 Å². The third kappa shape index (κ3) is 6.52. The average Bonchev–Trinajstić information content (AvgIpc) is 2.57. The Morgan fingerprint density at radius 3 is 2.32 bits per heavy atom. The lowest BCUT2D eigenvalue weighted by Gasteiger charge is -2.31. The molecule has 0 saturated heterocycles. The van der Waals surface area contributed by atoms with Crippen LogP contribution in [0.5, 0.6) is 0 Å². The van der Waals surface area contributed by atoms with Gasteiger partial charge in [-0.05, 0) is 43.9 Å². The summed E-state index contributed by atoms with van der Waals surface area (Å²) in [6.07, 6.45) is 2.55. The predicted molar refractivity (Wildman–Crippen MR) is 104 cm³/mol. The van der Waals surface area contributed by atoms with E-state index in [-0.39, 0.29) is 17.9 Å². The van der Waals surface area contributed by atoms with Gasteiger partial charge in [-0.1, -0.05) is 50.0 Å². The third-order valence-corrected chi connectivity index (χ3v) is 4.93. The van der Waals surface area contributed by atoms with E-state index in [1.165, 1.54) is 0 Å². The van der Waals surface area contributed by atoms with Gasteiger partial charge in [-0.3, -0.25) is 9.59 Å². The Bertz CT molecular complexity index is 593. The number of benzene rings is 1. The number of carbonyl (C=O) groups excluding carboxylic acids is 2. The van der Waals surface area contributed by atoms with Gasteiger partial charge in [0.2, 0.25) is 11.8 Å². The maximum absolute atomic E-state index is 12.7. The van der Waals surface area contributed by atoms with E-state index in [1.807, 2.05) is 33.8 Å². The number of hydrogen-bond donors (Lipinski definition) is 1. The Morgan fingerprint density at radius 1 is 1.12 bits per heavy atom. The molecular weight excluding hydrogens is 359 g/mol. The largest absolute Gasteiger partial charge is 0.352 e. The minimum absolute atomic E-state index is 0.0280. The zero-order valence-electron chi connectivity index (χ0n) is 15.4. The molecule has 0 aliphatic carbocycles. The van der Waals surface area contributed by atoms with Crippen molar-refractivity contribution in [3.05, 3.63) is 33.8 Å². The molecule has 0 bridgehead atoms. The molecule has 0 aliphatic heterocycles. The van der Waals surface area contributed by atoms with Crippen molar-refractivity contribution in [1.29, 1.82) is 0 Å². The lowest BCUT2D eigenvalue weighted by molar-refractivity contribution is -0.141. The molecule has 1 rings (SSSR count). The summed E-state index contributed by atoms with van der Waals surface area (Å²) in [6.45, 7) is 8.18. The van der Waals surface area contributed by atoms with Crippen LogP contribution in [0.2, 0.25) is 10.0 Å². The van der Waals surface area contributed by atoms with Crippen LogP contribution in [-0.4, -0.2) is 28.8 Å². The van der Waals surface area contributed by atoms with E-state index < -0.39 is 6.04 Å². The van der Waals surface area contributed by atoms with Crippen molar-refractivity contribution < 1.29 is 9.59 Å². The van der Waals surface area contributed by atoms with Crippen LogP contribution in [0.1, 0.15) is 58.9 Å². The Hall–Kier alpha value is -1.26. The van der Waals surface area contributed by atoms with Gasteiger partial charge in [0, 0.05) is 19.0 Å². The SMILES string of the molecule is CCCC(=O)N(Cc1ccc(Cl)c(Cl)c1)[C@H](CC)C(=O)N[C@H](C)CC. The van der Waals surface area contributed by atoms with Gasteiger partial charge < -0.3 is 10.2 Å². The second-order valence-corrected chi connectivity index (χ2v) is 7.08. The van der Waals surface area contributed by atoms with Crippen LogP contribution < -0.4 is 5.32 Å². The average molecular weight is 387 g/mol. The fourth-order valence-electron chi connectivity index (χ4n) is 2.55. The number of nitrogens with one attached hydrogen (secondary N) is 1. The van der Waals surface area contributed by atoms with Crippen LogP contribution in [0.3, 0.4) is 0 Å². The number of amides is 2. The summed E-state index contributed by atoms with van der Waals surface area (Å²) in [4.78, 5) is 27.0. The quantitative estimate of drug-likeness (QED) is 0.661. The van der Waals surface area contributed by atoms with Crippen LogP contribution in [0.15, 0.2) is 18.2 Å². The summed E-state index contributed by atoms with van der Waals surface area (Å²) in [5.41, 5.74) is 0.855. The van der Waals surface area contributed by atoms with Gasteiger partial charge in [-0.15, -0.1) is 0 Å². The highest BCUT2D eigenvalue weighted by Gasteiger charge is 2.28. The molecular formula is C19H28Cl2N2O2. The highest BCUT2D eigenvalue weighted by molar-refractivity contribution is 6.42. The van der Waals surface area contributed by atoms with Crippen molar-refractivity contribution in [2.45, 2.75) is 72.0 Å². The highest BCUT2D eigenvalue weighted by atomic mass is 35.5. The van der Waals surface area contributed by atoms with E-state index in [4.69, 9.17) is 23.2 Å². The predicted octanol–water partition coefficient (Wildman–Crippen LogP) is 4.82. The van der Waals surface area contributed by atoms with Crippen LogP contribution in [0.25, 0.3) is 0 Å². The number of nitrogens with zero attached hydrogens (tertiary/aromatic N) is 1. The maximum Gasteiger partial charge on any atom is 0.243 e. The summed E-state index contributed by atoms with van der Waals surface area (Å²) in [7, 11) is 0. The molecule has 6 heteroatoms. The molecule has 1 aromatic carbocycles. The second-order valence-electron chi connectivity index (χ2n) is 6.26. The molecule has 0 heterocycles. The van der Waals surface area contributed by atoms with Gasteiger partial charge in [0.05, 0.1) is 10.0 Å². The first-order valence-corrected chi connectivity index (χ1v) is 9.63. The Kier molecular flexibility index (Phi) is 9.30. The van der Waals surface area contributed by atoms with E-state index in [2.05, 4.69) is 5.32 Å². The first kappa shape index (κ1) is 21.8. The van der Waals surface area contributed by atoms with Crippen molar-refractivity contribution >= 4 is 35.0 Å². The lowest BCUT2D eigenvalue weighted by Crippen LogP contribution is -2.50. The van der Waals surface area contributed by atoms with Gasteiger partial charge in [0.1, 0.15) is 6.04 Å². The number of rotatable bonds is 9. The topological polar surface area (TPSA) is 49.4 Å². The highest BCUT2D eigenvalue weighted by Crippen LogP contribution is 2.24. The molecule has 0 unspecified atom stereocenters. The minimum atomic E-state index is -0.498. The molecule has 140 valence electrons. The first-order valence-electron chi connectivity index (χ1n) is 8.87. The van der Waals surface area contributed by atoms with Gasteiger partial charge in [0.25, 0.3) is 0 Å². The number of carbonyl (C=O) groups is 2. The molecule has 0 saturated carbocycles. The maximum atomic E-state index is 12.7. The zero-order valence-corrected chi connectivity index (χ0v) is 17.0. The summed E-state index contributed by atoms with van der Waals surface area (Å²) in [5.74, 6) is -0.138. The van der Waals surface area contributed by atoms with Gasteiger partial charge in [-0.2, -0.15) is 0 Å². The molecule has 0 radical (unpaired) electrons. The Labute approximate surface area is 160 Å². The van der Waals surface area contributed by atoms with Crippen molar-refractivity contribution in [3.8, 4) is 0 Å². The number of halogens is 2. The van der Waals surface area contributed by atoms with E-state index in [9.17, 15) is 9.59 Å². The van der Waals surface area contributed by atoms with Crippen LogP contribution in [-0.2, 0) is 16.1 Å². The molecule has 0 fully saturated rings. The normalized spacial score (nSPS) is 13.2. The third-order valence-electron chi connectivity index (χ3n) is 4.19. The summed E-state index contributed by atoms with van der Waals surface area (Å²) in [5, 5.41) is 3.90. The second kappa shape index (κ2) is 10.7. The van der Waals surface area contributed by atoms with E-state index >= 15 is 0 Å². The fourth-order valence-corrected chi connectivity index (χ4v) is 2.87. The molecule has 4 nitrogen and oxygen atoms in total. The molecule has 0 aromatic heterocycles. The van der Waals surface area contributed by atoms with Gasteiger partial charge in [0.15, 0.2) is 0 Å². The summed E-state index contributed by atoms with van der Waals surface area (Å²) < 4.78 is 0. The van der Waals surface area contributed by atoms with Gasteiger partial charge in [-0.25, -0.2) is 0 Å². The molecule has 1 N–H and O–H groups in total. The molecule has 2 amide bonds. The van der Waals surface area contributed by atoms with E-state index in [0.717, 1.165) is 18.4 Å². The van der Waals surface area contributed by atoms with Crippen molar-refractivity contribution in [2.24, 2.45) is 0 Å². The summed E-state index contributed by atoms with van der Waals surface area (Å²) in [6, 6.07) is 4.87. The standard InChI is InChI=1S/C19H28Cl2N2O2/c1-5-8-18(24)23(12-14-9-10-15(20)16(21)11-14)17(7-3)19(25)22-13(4)6-2/h9-11,13,17H,5-8,12H2,1-4H3,(H,22,25)/t13-,17-/m1/s1. The van der Waals surface area contributed by atoms with Crippen molar-refractivity contribution in [2.75, 3.05) is 0 Å². The van der Waals surface area contributed by atoms with E-state index in [1.54, 1.807) is 17.0 Å². The van der Waals surface area contributed by atoms with E-state index in [0.29, 0.717) is 29.4 Å². The molecule has 25 heavy (non-hydrogen) atoms. The number of hydrogen-bond acceptors (Lipinski definition) is 2. The van der Waals surface area contributed by atoms with Crippen LogP contribution >= 0.6 is 23.2 Å². The molecule has 0 aliphatic rings. The minimum Gasteiger partial charge on any atom is -0.352 e.